The summed E-state index contributed by atoms with van der Waals surface area (Å²) < 4.78 is 33.9. The van der Waals surface area contributed by atoms with Crippen molar-refractivity contribution in [3.05, 3.63) is 47.1 Å². The van der Waals surface area contributed by atoms with Gasteiger partial charge in [0.2, 0.25) is 11.8 Å². The highest BCUT2D eigenvalue weighted by Gasteiger charge is 2.36. The summed E-state index contributed by atoms with van der Waals surface area (Å²) in [5.74, 6) is -0.657. The lowest BCUT2D eigenvalue weighted by Crippen LogP contribution is -2.52. The Morgan fingerprint density at radius 3 is 2.58 bits per heavy atom. The fourth-order valence-electron chi connectivity index (χ4n) is 4.20. The van der Waals surface area contributed by atoms with Gasteiger partial charge in [0.15, 0.2) is 5.03 Å². The van der Waals surface area contributed by atoms with Crippen LogP contribution >= 0.6 is 0 Å². The molecule has 0 aromatic heterocycles. The number of ether oxygens (including phenoxy) is 1. The molecule has 0 radical (unpaired) electrons. The molecule has 0 aliphatic carbocycles. The molecular weight excluding hydrogens is 486 g/mol. The number of sulfonamides is 1. The standard InChI is InChI=1S/C24H37N5O6S/c1-25-22(31)10-11-23(32)27-20(13-18-7-4-3-5-8-18)21(30)15-29(14-19-9-6-12-35-19)36(33,34)24-16-28(2)17-26-24/h3-5,7-8,16,19-21,26,30H,6,9-15,17H2,1-2H3,(H,25,31)(H,27,32). The van der Waals surface area contributed by atoms with Crippen LogP contribution in [0.4, 0.5) is 0 Å². The van der Waals surface area contributed by atoms with Crippen molar-refractivity contribution < 1.29 is 27.9 Å². The Labute approximate surface area is 212 Å². The molecule has 12 heteroatoms. The van der Waals surface area contributed by atoms with E-state index < -0.39 is 28.1 Å². The molecule has 0 saturated carbocycles. The van der Waals surface area contributed by atoms with Gasteiger partial charge in [-0.1, -0.05) is 30.3 Å². The van der Waals surface area contributed by atoms with Crippen molar-refractivity contribution in [2.75, 3.05) is 40.5 Å². The molecule has 3 unspecified atom stereocenters. The van der Waals surface area contributed by atoms with Gasteiger partial charge in [-0.2, -0.15) is 4.31 Å². The van der Waals surface area contributed by atoms with E-state index in [2.05, 4.69) is 16.0 Å². The fourth-order valence-corrected chi connectivity index (χ4v) is 5.75. The van der Waals surface area contributed by atoms with Gasteiger partial charge in [-0.15, -0.1) is 0 Å². The van der Waals surface area contributed by atoms with Crippen LogP contribution in [0.5, 0.6) is 0 Å². The number of rotatable bonds is 13. The van der Waals surface area contributed by atoms with E-state index in [1.54, 1.807) is 11.9 Å². The van der Waals surface area contributed by atoms with Gasteiger partial charge in [0.05, 0.1) is 24.9 Å². The first-order valence-corrected chi connectivity index (χ1v) is 13.6. The Kier molecular flexibility index (Phi) is 10.1. The second-order valence-electron chi connectivity index (χ2n) is 9.15. The lowest BCUT2D eigenvalue weighted by Gasteiger charge is -2.31. The van der Waals surface area contributed by atoms with Crippen LogP contribution < -0.4 is 16.0 Å². The number of carbonyl (C=O) groups excluding carboxylic acids is 2. The van der Waals surface area contributed by atoms with Crippen LogP contribution in [0.25, 0.3) is 0 Å². The molecule has 0 spiro atoms. The summed E-state index contributed by atoms with van der Waals surface area (Å²) in [5.41, 5.74) is 0.878. The van der Waals surface area contributed by atoms with Gasteiger partial charge < -0.3 is 30.7 Å². The zero-order valence-electron chi connectivity index (χ0n) is 20.9. The maximum atomic E-state index is 13.5. The molecule has 4 N–H and O–H groups in total. The summed E-state index contributed by atoms with van der Waals surface area (Å²) in [5, 5.41) is 19.5. The molecule has 0 bridgehead atoms. The van der Waals surface area contributed by atoms with Crippen molar-refractivity contribution >= 4 is 21.8 Å². The van der Waals surface area contributed by atoms with E-state index in [1.165, 1.54) is 17.6 Å². The Morgan fingerprint density at radius 2 is 1.97 bits per heavy atom. The minimum absolute atomic E-state index is 0.0172. The number of carbonyl (C=O) groups is 2. The Morgan fingerprint density at radius 1 is 1.25 bits per heavy atom. The second-order valence-corrected chi connectivity index (χ2v) is 11.1. The van der Waals surface area contributed by atoms with Crippen molar-refractivity contribution in [1.82, 2.24) is 25.2 Å². The largest absolute Gasteiger partial charge is 0.390 e. The molecule has 1 aromatic rings. The summed E-state index contributed by atoms with van der Waals surface area (Å²) in [6.45, 7) is 0.814. The summed E-state index contributed by atoms with van der Waals surface area (Å²) in [6, 6.07) is 8.57. The van der Waals surface area contributed by atoms with Crippen LogP contribution in [-0.4, -0.2) is 93.3 Å². The summed E-state index contributed by atoms with van der Waals surface area (Å²) in [6.07, 6.45) is 1.91. The highest BCUT2D eigenvalue weighted by molar-refractivity contribution is 7.92. The van der Waals surface area contributed by atoms with Gasteiger partial charge in [0.1, 0.15) is 0 Å². The predicted octanol–water partition coefficient (Wildman–Crippen LogP) is -0.297. The summed E-state index contributed by atoms with van der Waals surface area (Å²) in [7, 11) is -0.679. The van der Waals surface area contributed by atoms with Crippen LogP contribution in [0.15, 0.2) is 41.6 Å². The molecule has 3 atom stereocenters. The van der Waals surface area contributed by atoms with Gasteiger partial charge in [0.25, 0.3) is 10.0 Å². The van der Waals surface area contributed by atoms with Crippen LogP contribution in [0.3, 0.4) is 0 Å². The minimum Gasteiger partial charge on any atom is -0.390 e. The van der Waals surface area contributed by atoms with Crippen LogP contribution in [0.2, 0.25) is 0 Å². The third kappa shape index (κ3) is 7.92. The topological polar surface area (TPSA) is 140 Å². The maximum Gasteiger partial charge on any atom is 0.259 e. The molecule has 3 rings (SSSR count). The van der Waals surface area contributed by atoms with E-state index in [1.807, 2.05) is 30.3 Å². The van der Waals surface area contributed by atoms with E-state index in [0.717, 1.165) is 18.4 Å². The Hall–Kier alpha value is -2.67. The number of aliphatic hydroxyl groups excluding tert-OH is 1. The molecule has 1 saturated heterocycles. The predicted molar refractivity (Wildman–Crippen MR) is 135 cm³/mol. The lowest BCUT2D eigenvalue weighted by atomic mass is 10.0. The molecule has 200 valence electrons. The normalized spacial score (nSPS) is 19.5. The van der Waals surface area contributed by atoms with Gasteiger partial charge in [0, 0.05) is 52.8 Å². The van der Waals surface area contributed by atoms with Gasteiger partial charge in [-0.3, -0.25) is 9.59 Å². The third-order valence-electron chi connectivity index (χ3n) is 6.25. The molecule has 1 fully saturated rings. The van der Waals surface area contributed by atoms with E-state index in [4.69, 9.17) is 4.74 Å². The third-order valence-corrected chi connectivity index (χ3v) is 8.03. The quantitative estimate of drug-likeness (QED) is 0.276. The first-order chi connectivity index (χ1) is 17.2. The van der Waals surface area contributed by atoms with Crippen molar-refractivity contribution in [3.63, 3.8) is 0 Å². The molecule has 2 amide bonds. The van der Waals surface area contributed by atoms with E-state index >= 15 is 0 Å². The zero-order chi connectivity index (χ0) is 26.1. The number of hydrogen-bond donors (Lipinski definition) is 4. The van der Waals surface area contributed by atoms with E-state index in [-0.39, 0.29) is 43.0 Å². The van der Waals surface area contributed by atoms with Gasteiger partial charge in [-0.25, -0.2) is 8.42 Å². The highest BCUT2D eigenvalue weighted by Crippen LogP contribution is 2.21. The Balaban J connectivity index is 1.78. The fraction of sp³-hybridized carbons (Fsp3) is 0.583. The number of aliphatic hydroxyl groups is 1. The van der Waals surface area contributed by atoms with Crippen molar-refractivity contribution in [2.45, 2.75) is 50.4 Å². The lowest BCUT2D eigenvalue weighted by molar-refractivity contribution is -0.127. The molecule has 36 heavy (non-hydrogen) atoms. The SMILES string of the molecule is CNC(=O)CCC(=O)NC(Cc1ccccc1)C(O)CN(CC1CCCO1)S(=O)(=O)C1=CN(C)CN1. The van der Waals surface area contributed by atoms with Crippen molar-refractivity contribution in [3.8, 4) is 0 Å². The maximum absolute atomic E-state index is 13.5. The smallest absolute Gasteiger partial charge is 0.259 e. The summed E-state index contributed by atoms with van der Waals surface area (Å²) in [4.78, 5) is 25.9. The summed E-state index contributed by atoms with van der Waals surface area (Å²) >= 11 is 0. The van der Waals surface area contributed by atoms with Crippen LogP contribution in [0, 0.1) is 0 Å². The first kappa shape index (κ1) is 27.9. The minimum atomic E-state index is -3.94. The van der Waals surface area contributed by atoms with E-state index in [0.29, 0.717) is 19.7 Å². The highest BCUT2D eigenvalue weighted by atomic mass is 32.2. The van der Waals surface area contributed by atoms with E-state index in [9.17, 15) is 23.1 Å². The molecule has 2 heterocycles. The average molecular weight is 524 g/mol. The van der Waals surface area contributed by atoms with Gasteiger partial charge in [-0.05, 0) is 24.8 Å². The number of benzene rings is 1. The van der Waals surface area contributed by atoms with Crippen molar-refractivity contribution in [2.24, 2.45) is 0 Å². The van der Waals surface area contributed by atoms with Crippen LogP contribution in [0.1, 0.15) is 31.2 Å². The zero-order valence-corrected chi connectivity index (χ0v) is 21.7. The molecule has 2 aliphatic heterocycles. The monoisotopic (exact) mass is 523 g/mol. The number of nitrogens with zero attached hydrogens (tertiary/aromatic N) is 2. The Bertz CT molecular complexity index is 1010. The number of nitrogens with one attached hydrogen (secondary N) is 3. The number of amides is 2. The molecule has 11 nitrogen and oxygen atoms in total. The molecule has 1 aromatic carbocycles. The molecular formula is C24H37N5O6S. The van der Waals surface area contributed by atoms with Crippen molar-refractivity contribution in [1.29, 1.82) is 0 Å². The second kappa shape index (κ2) is 13.0. The number of hydrogen-bond acceptors (Lipinski definition) is 8. The first-order valence-electron chi connectivity index (χ1n) is 12.2. The van der Waals surface area contributed by atoms with Gasteiger partial charge >= 0.3 is 0 Å². The average Bonchev–Trinajstić information content (AvgIpc) is 3.54. The van der Waals surface area contributed by atoms with Crippen LogP contribution in [-0.2, 0) is 30.8 Å². The molecule has 2 aliphatic rings.